The van der Waals surface area contributed by atoms with Crippen molar-refractivity contribution in [1.82, 2.24) is 4.90 Å². The standard InChI is InChI=1S/C26H26N2O4S.C2H6/c1-28(26(29)19-9-5-3-6-10-19)24-17-18-25(23-12-8-4-7-11-22(23)24)33(30,31)27-20-13-15-21(32-2)16-14-20;1-2/h3-7,9-11,13-18,23,27H,8,12H2,1-2H3;1-2H3. The number of allylic oxidation sites excluding steroid dienone is 7. The number of sulfonamides is 1. The average molecular weight is 493 g/mol. The van der Waals surface area contributed by atoms with Gasteiger partial charge in [-0.3, -0.25) is 9.52 Å². The minimum absolute atomic E-state index is 0.147. The highest BCUT2D eigenvalue weighted by Gasteiger charge is 2.35. The smallest absolute Gasteiger partial charge is 0.258 e. The molecule has 0 saturated heterocycles. The lowest BCUT2D eigenvalue weighted by molar-refractivity contribution is 0.0837. The first-order chi connectivity index (χ1) is 16.9. The summed E-state index contributed by atoms with van der Waals surface area (Å²) in [6.07, 6.45) is 10.5. The van der Waals surface area contributed by atoms with E-state index in [1.807, 2.05) is 50.3 Å². The summed E-state index contributed by atoms with van der Waals surface area (Å²) < 4.78 is 34.5. The molecule has 0 spiro atoms. The van der Waals surface area contributed by atoms with Crippen molar-refractivity contribution in [2.75, 3.05) is 18.9 Å². The molecular weight excluding hydrogens is 460 g/mol. The predicted octanol–water partition coefficient (Wildman–Crippen LogP) is 5.91. The van der Waals surface area contributed by atoms with E-state index in [-0.39, 0.29) is 16.7 Å². The lowest BCUT2D eigenvalue weighted by Crippen LogP contribution is -2.32. The van der Waals surface area contributed by atoms with Gasteiger partial charge in [0.25, 0.3) is 15.9 Å². The number of carbonyl (C=O) groups is 1. The van der Waals surface area contributed by atoms with Crippen molar-refractivity contribution in [3.8, 4) is 5.75 Å². The van der Waals surface area contributed by atoms with Crippen LogP contribution in [0.15, 0.2) is 101 Å². The lowest BCUT2D eigenvalue weighted by Gasteiger charge is -2.31. The van der Waals surface area contributed by atoms with Crippen molar-refractivity contribution in [3.63, 3.8) is 0 Å². The first kappa shape index (κ1) is 26.0. The number of ether oxygens (including phenoxy) is 1. The molecule has 4 rings (SSSR count). The topological polar surface area (TPSA) is 75.7 Å². The number of fused-ring (bicyclic) bond motifs is 1. The number of benzene rings is 2. The van der Waals surface area contributed by atoms with Gasteiger partial charge < -0.3 is 9.64 Å². The molecule has 0 aliphatic heterocycles. The molecule has 2 aromatic carbocycles. The molecule has 6 nitrogen and oxygen atoms in total. The number of methoxy groups -OCH3 is 1. The quantitative estimate of drug-likeness (QED) is 0.544. The molecule has 0 heterocycles. The van der Waals surface area contributed by atoms with E-state index in [9.17, 15) is 13.2 Å². The number of likely N-dealkylation sites (N-methyl/N-ethyl adjacent to an activating group) is 1. The monoisotopic (exact) mass is 492 g/mol. The number of rotatable bonds is 6. The Morgan fingerprint density at radius 2 is 1.69 bits per heavy atom. The summed E-state index contributed by atoms with van der Waals surface area (Å²) >= 11 is 0. The number of hydrogen-bond acceptors (Lipinski definition) is 4. The second-order valence-electron chi connectivity index (χ2n) is 7.87. The fourth-order valence-corrected chi connectivity index (χ4v) is 5.51. The van der Waals surface area contributed by atoms with Crippen LogP contribution in [0.25, 0.3) is 0 Å². The van der Waals surface area contributed by atoms with Gasteiger partial charge in [-0.25, -0.2) is 8.42 Å². The molecule has 0 bridgehead atoms. The molecule has 2 aliphatic rings. The van der Waals surface area contributed by atoms with Crippen molar-refractivity contribution in [2.45, 2.75) is 26.7 Å². The van der Waals surface area contributed by atoms with Gasteiger partial charge in [-0.1, -0.05) is 50.3 Å². The minimum Gasteiger partial charge on any atom is -0.497 e. The molecule has 0 aromatic heterocycles. The van der Waals surface area contributed by atoms with Crippen molar-refractivity contribution >= 4 is 21.6 Å². The zero-order valence-corrected chi connectivity index (χ0v) is 21.4. The van der Waals surface area contributed by atoms with Crippen LogP contribution in [0.5, 0.6) is 5.75 Å². The van der Waals surface area contributed by atoms with Crippen LogP contribution in [0.3, 0.4) is 0 Å². The van der Waals surface area contributed by atoms with Gasteiger partial charge in [0.05, 0.1) is 12.0 Å². The number of nitrogens with one attached hydrogen (secondary N) is 1. The molecule has 2 aliphatic carbocycles. The van der Waals surface area contributed by atoms with E-state index in [1.54, 1.807) is 67.6 Å². The number of nitrogens with zero attached hydrogens (tertiary/aromatic N) is 1. The Balaban J connectivity index is 0.00000167. The Labute approximate surface area is 208 Å². The first-order valence-corrected chi connectivity index (χ1v) is 13.2. The van der Waals surface area contributed by atoms with Crippen LogP contribution in [0.2, 0.25) is 0 Å². The molecular formula is C28H32N2O4S. The maximum atomic E-state index is 13.3. The molecule has 0 radical (unpaired) electrons. The number of amides is 1. The van der Waals surface area contributed by atoms with Crippen molar-refractivity contribution in [1.29, 1.82) is 0 Å². The van der Waals surface area contributed by atoms with Crippen LogP contribution in [0, 0.1) is 5.92 Å². The van der Waals surface area contributed by atoms with E-state index in [0.717, 1.165) is 12.0 Å². The highest BCUT2D eigenvalue weighted by molar-refractivity contribution is 7.96. The summed E-state index contributed by atoms with van der Waals surface area (Å²) in [5.74, 6) is 0.140. The molecule has 7 heteroatoms. The van der Waals surface area contributed by atoms with E-state index in [2.05, 4.69) is 4.72 Å². The van der Waals surface area contributed by atoms with Crippen molar-refractivity contribution < 1.29 is 17.9 Å². The zero-order chi connectivity index (χ0) is 25.4. The normalized spacial score (nSPS) is 16.8. The fraction of sp³-hybridized carbons (Fsp3) is 0.250. The first-order valence-electron chi connectivity index (χ1n) is 11.7. The van der Waals surface area contributed by atoms with E-state index in [0.29, 0.717) is 29.1 Å². The SMILES string of the molecule is CC.COc1ccc(NS(=O)(=O)C2=CC=C(N(C)C(=O)c3ccccc3)C3=CC=CCCC32)cc1. The van der Waals surface area contributed by atoms with E-state index >= 15 is 0 Å². The molecule has 0 fully saturated rings. The summed E-state index contributed by atoms with van der Waals surface area (Å²) in [5.41, 5.74) is 2.54. The average Bonchev–Trinajstić information content (AvgIpc) is 3.15. The van der Waals surface area contributed by atoms with E-state index < -0.39 is 10.0 Å². The zero-order valence-electron chi connectivity index (χ0n) is 20.6. The summed E-state index contributed by atoms with van der Waals surface area (Å²) in [6.45, 7) is 4.00. The van der Waals surface area contributed by atoms with Gasteiger partial charge in [0.2, 0.25) is 0 Å². The largest absolute Gasteiger partial charge is 0.497 e. The van der Waals surface area contributed by atoms with Crippen LogP contribution < -0.4 is 9.46 Å². The number of hydrogen-bond donors (Lipinski definition) is 1. The minimum atomic E-state index is -3.81. The van der Waals surface area contributed by atoms with Crippen LogP contribution >= 0.6 is 0 Å². The molecule has 2 aromatic rings. The van der Waals surface area contributed by atoms with Crippen LogP contribution in [0.4, 0.5) is 5.69 Å². The Bertz CT molecular complexity index is 1260. The third kappa shape index (κ3) is 5.92. The van der Waals surface area contributed by atoms with Gasteiger partial charge in [0.15, 0.2) is 0 Å². The van der Waals surface area contributed by atoms with Gasteiger partial charge in [0, 0.05) is 29.9 Å². The number of anilines is 1. The third-order valence-electron chi connectivity index (χ3n) is 5.79. The summed E-state index contributed by atoms with van der Waals surface area (Å²) in [6, 6.07) is 15.8. The lowest BCUT2D eigenvalue weighted by atomic mass is 9.88. The second kappa shape index (κ2) is 11.7. The molecule has 1 N–H and O–H groups in total. The Morgan fingerprint density at radius 3 is 2.34 bits per heavy atom. The highest BCUT2D eigenvalue weighted by atomic mass is 32.2. The number of carbonyl (C=O) groups excluding carboxylic acids is 1. The molecule has 0 saturated carbocycles. The molecule has 1 atom stereocenters. The van der Waals surface area contributed by atoms with Crippen LogP contribution in [0.1, 0.15) is 37.0 Å². The van der Waals surface area contributed by atoms with Gasteiger partial charge in [-0.2, -0.15) is 0 Å². The summed E-state index contributed by atoms with van der Waals surface area (Å²) in [7, 11) is -0.533. The Hall–Kier alpha value is -3.58. The van der Waals surface area contributed by atoms with Crippen LogP contribution in [-0.4, -0.2) is 33.4 Å². The van der Waals surface area contributed by atoms with E-state index in [1.165, 1.54) is 0 Å². The van der Waals surface area contributed by atoms with Crippen LogP contribution in [-0.2, 0) is 10.0 Å². The van der Waals surface area contributed by atoms with Gasteiger partial charge in [0.1, 0.15) is 5.75 Å². The van der Waals surface area contributed by atoms with Crippen molar-refractivity contribution in [2.24, 2.45) is 5.92 Å². The van der Waals surface area contributed by atoms with Gasteiger partial charge in [-0.15, -0.1) is 0 Å². The Kier molecular flexibility index (Phi) is 8.71. The highest BCUT2D eigenvalue weighted by Crippen LogP contribution is 2.40. The fourth-order valence-electron chi connectivity index (χ4n) is 4.07. The molecule has 1 amide bonds. The molecule has 1 unspecified atom stereocenters. The predicted molar refractivity (Wildman–Crippen MR) is 142 cm³/mol. The summed E-state index contributed by atoms with van der Waals surface area (Å²) in [4.78, 5) is 14.9. The van der Waals surface area contributed by atoms with Gasteiger partial charge >= 0.3 is 0 Å². The summed E-state index contributed by atoms with van der Waals surface area (Å²) in [5, 5.41) is 0. The molecule has 35 heavy (non-hydrogen) atoms. The maximum Gasteiger partial charge on any atom is 0.258 e. The molecule has 184 valence electrons. The Morgan fingerprint density at radius 1 is 1.00 bits per heavy atom. The van der Waals surface area contributed by atoms with E-state index in [4.69, 9.17) is 4.74 Å². The van der Waals surface area contributed by atoms with Gasteiger partial charge in [-0.05, 0) is 67.0 Å². The third-order valence-corrected chi connectivity index (χ3v) is 7.34. The maximum absolute atomic E-state index is 13.3. The second-order valence-corrected chi connectivity index (χ2v) is 9.55. The van der Waals surface area contributed by atoms with Crippen molar-refractivity contribution in [3.05, 3.63) is 107 Å².